The first-order valence-corrected chi connectivity index (χ1v) is 8.87. The molecule has 28 heavy (non-hydrogen) atoms. The minimum Gasteiger partial charge on any atom is -0.337 e. The van der Waals surface area contributed by atoms with Crippen molar-refractivity contribution in [2.75, 3.05) is 0 Å². The smallest absolute Gasteiger partial charge is 0.320 e. The van der Waals surface area contributed by atoms with Crippen LogP contribution in [0.15, 0.2) is 75.0 Å². The predicted molar refractivity (Wildman–Crippen MR) is 105 cm³/mol. The van der Waals surface area contributed by atoms with Crippen LogP contribution in [0.4, 0.5) is 0 Å². The summed E-state index contributed by atoms with van der Waals surface area (Å²) in [6.45, 7) is 1.88. The molecule has 0 aliphatic rings. The van der Waals surface area contributed by atoms with Gasteiger partial charge in [-0.3, -0.25) is 18.7 Å². The number of hydrogen-bond donors (Lipinski definition) is 0. The lowest BCUT2D eigenvalue weighted by Gasteiger charge is -2.09. The van der Waals surface area contributed by atoms with E-state index in [-0.39, 0.29) is 12.4 Å². The van der Waals surface area contributed by atoms with Crippen molar-refractivity contribution in [1.29, 1.82) is 0 Å². The van der Waals surface area contributed by atoms with Crippen molar-refractivity contribution in [2.24, 2.45) is 0 Å². The Morgan fingerprint density at radius 1 is 1.00 bits per heavy atom. The van der Waals surface area contributed by atoms with Gasteiger partial charge in [0, 0.05) is 23.0 Å². The van der Waals surface area contributed by atoms with Crippen LogP contribution in [0.2, 0.25) is 5.02 Å². The summed E-state index contributed by atoms with van der Waals surface area (Å²) in [7, 11) is 0. The molecule has 7 nitrogen and oxygen atoms in total. The maximum Gasteiger partial charge on any atom is 0.320 e. The highest BCUT2D eigenvalue weighted by Gasteiger charge is 2.13. The summed E-state index contributed by atoms with van der Waals surface area (Å²) in [6, 6.07) is 14.3. The lowest BCUT2D eigenvalue weighted by Crippen LogP contribution is -2.40. The Labute approximate surface area is 164 Å². The van der Waals surface area contributed by atoms with Gasteiger partial charge in [-0.05, 0) is 42.8 Å². The Kier molecular flexibility index (Phi) is 4.67. The van der Waals surface area contributed by atoms with E-state index in [2.05, 4.69) is 10.1 Å². The molecule has 0 aliphatic heterocycles. The summed E-state index contributed by atoms with van der Waals surface area (Å²) in [6.07, 6.45) is 3.09. The molecule has 0 bridgehead atoms. The van der Waals surface area contributed by atoms with Gasteiger partial charge in [-0.15, -0.1) is 0 Å². The number of aromatic nitrogens is 4. The molecular formula is C20H15ClN4O3. The highest BCUT2D eigenvalue weighted by atomic mass is 35.5. The topological polar surface area (TPSA) is 82.9 Å². The van der Waals surface area contributed by atoms with Gasteiger partial charge in [0.15, 0.2) is 0 Å². The molecule has 0 aliphatic carbocycles. The Hall–Kier alpha value is -3.45. The first-order valence-electron chi connectivity index (χ1n) is 8.49. The number of aryl methyl sites for hydroxylation is 1. The monoisotopic (exact) mass is 394 g/mol. The van der Waals surface area contributed by atoms with Crippen LogP contribution >= 0.6 is 11.6 Å². The van der Waals surface area contributed by atoms with E-state index in [4.69, 9.17) is 16.1 Å². The van der Waals surface area contributed by atoms with E-state index in [0.29, 0.717) is 16.5 Å². The summed E-state index contributed by atoms with van der Waals surface area (Å²) < 4.78 is 7.80. The van der Waals surface area contributed by atoms with Crippen molar-refractivity contribution in [3.63, 3.8) is 0 Å². The first kappa shape index (κ1) is 17.9. The van der Waals surface area contributed by atoms with Crippen LogP contribution in [-0.2, 0) is 6.54 Å². The summed E-state index contributed by atoms with van der Waals surface area (Å²) in [5.41, 5.74) is 0.985. The Morgan fingerprint density at radius 2 is 1.75 bits per heavy atom. The zero-order chi connectivity index (χ0) is 19.7. The van der Waals surface area contributed by atoms with Gasteiger partial charge in [0.2, 0.25) is 11.7 Å². The van der Waals surface area contributed by atoms with Gasteiger partial charge in [-0.2, -0.15) is 4.98 Å². The maximum absolute atomic E-state index is 12.5. The van der Waals surface area contributed by atoms with Gasteiger partial charge in [0.25, 0.3) is 0 Å². The zero-order valence-corrected chi connectivity index (χ0v) is 15.6. The third kappa shape index (κ3) is 3.39. The SMILES string of the molecule is Cc1ccccc1-n1ccn(Cc2nc(-c3ccc(Cl)cc3)no2)c(=O)c1=O. The van der Waals surface area contributed by atoms with Crippen molar-refractivity contribution in [1.82, 2.24) is 19.3 Å². The maximum atomic E-state index is 12.5. The van der Waals surface area contributed by atoms with Crippen molar-refractivity contribution in [3.8, 4) is 17.1 Å². The molecule has 2 aromatic carbocycles. The quantitative estimate of drug-likeness (QED) is 0.497. The fourth-order valence-electron chi connectivity index (χ4n) is 2.84. The van der Waals surface area contributed by atoms with Gasteiger partial charge >= 0.3 is 11.1 Å². The molecule has 4 rings (SSSR count). The Morgan fingerprint density at radius 3 is 2.50 bits per heavy atom. The second-order valence-corrected chi connectivity index (χ2v) is 6.65. The normalized spacial score (nSPS) is 10.9. The van der Waals surface area contributed by atoms with Gasteiger partial charge in [0.05, 0.1) is 5.69 Å². The lowest BCUT2D eigenvalue weighted by molar-refractivity contribution is 0.369. The minimum atomic E-state index is -0.669. The molecule has 4 aromatic rings. The lowest BCUT2D eigenvalue weighted by atomic mass is 10.2. The van der Waals surface area contributed by atoms with Gasteiger partial charge in [0.1, 0.15) is 6.54 Å². The van der Waals surface area contributed by atoms with Crippen LogP contribution in [-0.4, -0.2) is 19.3 Å². The third-order valence-corrected chi connectivity index (χ3v) is 4.56. The second kappa shape index (κ2) is 7.28. The largest absolute Gasteiger partial charge is 0.337 e. The molecule has 0 unspecified atom stereocenters. The molecular weight excluding hydrogens is 380 g/mol. The molecule has 2 aromatic heterocycles. The second-order valence-electron chi connectivity index (χ2n) is 6.21. The summed E-state index contributed by atoms with van der Waals surface area (Å²) >= 11 is 5.88. The first-order chi connectivity index (χ1) is 13.5. The number of nitrogens with zero attached hydrogens (tertiary/aromatic N) is 4. The number of halogens is 1. The molecule has 0 radical (unpaired) electrons. The van der Waals surface area contributed by atoms with Crippen LogP contribution in [0.3, 0.4) is 0 Å². The molecule has 0 saturated heterocycles. The number of para-hydroxylation sites is 1. The fraction of sp³-hybridized carbons (Fsp3) is 0.100. The van der Waals surface area contributed by atoms with Crippen molar-refractivity contribution in [3.05, 3.63) is 98.1 Å². The summed E-state index contributed by atoms with van der Waals surface area (Å²) in [4.78, 5) is 29.3. The summed E-state index contributed by atoms with van der Waals surface area (Å²) in [5, 5.41) is 4.52. The molecule has 0 fully saturated rings. The van der Waals surface area contributed by atoms with E-state index >= 15 is 0 Å². The van der Waals surface area contributed by atoms with Crippen LogP contribution in [0.5, 0.6) is 0 Å². The zero-order valence-electron chi connectivity index (χ0n) is 14.9. The van der Waals surface area contributed by atoms with Gasteiger partial charge < -0.3 is 4.52 Å². The third-order valence-electron chi connectivity index (χ3n) is 4.31. The van der Waals surface area contributed by atoms with Crippen LogP contribution in [0.25, 0.3) is 17.1 Å². The highest BCUT2D eigenvalue weighted by molar-refractivity contribution is 6.30. The van der Waals surface area contributed by atoms with Crippen molar-refractivity contribution >= 4 is 11.6 Å². The molecule has 0 atom stereocenters. The van der Waals surface area contributed by atoms with Gasteiger partial charge in [-0.25, -0.2) is 0 Å². The van der Waals surface area contributed by atoms with E-state index in [1.807, 2.05) is 25.1 Å². The van der Waals surface area contributed by atoms with Crippen LogP contribution in [0, 0.1) is 6.92 Å². The van der Waals surface area contributed by atoms with Gasteiger partial charge in [-0.1, -0.05) is 35.0 Å². The van der Waals surface area contributed by atoms with E-state index in [1.165, 1.54) is 15.3 Å². The van der Waals surface area contributed by atoms with Crippen LogP contribution < -0.4 is 11.1 Å². The molecule has 0 N–H and O–H groups in total. The van der Waals surface area contributed by atoms with E-state index in [9.17, 15) is 9.59 Å². The molecule has 140 valence electrons. The average Bonchev–Trinajstić information content (AvgIpc) is 3.16. The molecule has 0 saturated carbocycles. The fourth-order valence-corrected chi connectivity index (χ4v) is 2.96. The predicted octanol–water partition coefficient (Wildman–Crippen LogP) is 3.06. The van der Waals surface area contributed by atoms with Crippen molar-refractivity contribution < 1.29 is 4.52 Å². The molecule has 2 heterocycles. The van der Waals surface area contributed by atoms with Crippen LogP contribution in [0.1, 0.15) is 11.5 Å². The molecule has 0 amide bonds. The Bertz CT molecular complexity index is 1260. The Balaban J connectivity index is 1.64. The van der Waals surface area contributed by atoms with Crippen molar-refractivity contribution in [2.45, 2.75) is 13.5 Å². The number of hydrogen-bond acceptors (Lipinski definition) is 5. The van der Waals surface area contributed by atoms with E-state index < -0.39 is 11.1 Å². The molecule has 8 heteroatoms. The minimum absolute atomic E-state index is 0.00325. The highest BCUT2D eigenvalue weighted by Crippen LogP contribution is 2.18. The standard InChI is InChI=1S/C20H15ClN4O3/c1-13-4-2-3-5-16(13)25-11-10-24(19(26)20(25)27)12-17-22-18(23-28-17)14-6-8-15(21)9-7-14/h2-11H,12H2,1H3. The van der Waals surface area contributed by atoms with E-state index in [0.717, 1.165) is 11.1 Å². The number of benzene rings is 2. The van der Waals surface area contributed by atoms with E-state index in [1.54, 1.807) is 36.5 Å². The summed E-state index contributed by atoms with van der Waals surface area (Å²) in [5.74, 6) is 0.605. The average molecular weight is 395 g/mol. The molecule has 0 spiro atoms. The number of rotatable bonds is 4.